The van der Waals surface area contributed by atoms with Crippen molar-refractivity contribution in [2.24, 2.45) is 0 Å². The maximum Gasteiger partial charge on any atom is 0.413 e. The van der Waals surface area contributed by atoms with Crippen molar-refractivity contribution in [1.82, 2.24) is 10.3 Å². The normalized spacial score (nSPS) is 27.9. The van der Waals surface area contributed by atoms with Gasteiger partial charge in [-0.1, -0.05) is 0 Å². The molecule has 1 amide bonds. The lowest BCUT2D eigenvalue weighted by Crippen LogP contribution is -2.40. The highest BCUT2D eigenvalue weighted by Gasteiger charge is 2.42. The summed E-state index contributed by atoms with van der Waals surface area (Å²) in [6.45, 7) is 1.84. The van der Waals surface area contributed by atoms with Crippen molar-refractivity contribution in [1.29, 1.82) is 0 Å². The van der Waals surface area contributed by atoms with E-state index in [-0.39, 0.29) is 0 Å². The van der Waals surface area contributed by atoms with Crippen molar-refractivity contribution in [3.63, 3.8) is 0 Å². The second-order valence-electron chi connectivity index (χ2n) is 4.51. The zero-order valence-electron chi connectivity index (χ0n) is 9.53. The number of carbonyl (C=O) groups is 1. The fraction of sp³-hybridized carbons (Fsp3) is 0.500. The van der Waals surface area contributed by atoms with E-state index in [1.54, 1.807) is 6.20 Å². The Balaban J connectivity index is 2.06. The standard InChI is InChI=1S/C12H15N3O2/c16-11-15-10-9(3-1-7-14-10)12(17-11)4-2-6-13-8-5-12/h1,3,7,13H,2,4-6,8H2,(H,14,15,16)/t12-/m0/s1. The van der Waals surface area contributed by atoms with Crippen LogP contribution in [0.2, 0.25) is 0 Å². The molecule has 1 aromatic rings. The molecule has 0 bridgehead atoms. The fourth-order valence-corrected chi connectivity index (χ4v) is 2.64. The van der Waals surface area contributed by atoms with Crippen LogP contribution in [0, 0.1) is 0 Å². The Hall–Kier alpha value is -1.62. The van der Waals surface area contributed by atoms with Gasteiger partial charge >= 0.3 is 6.09 Å². The predicted octanol–water partition coefficient (Wildman–Crippen LogP) is 1.61. The fourth-order valence-electron chi connectivity index (χ4n) is 2.64. The minimum Gasteiger partial charge on any atom is -0.438 e. The molecule has 1 saturated heterocycles. The largest absolute Gasteiger partial charge is 0.438 e. The first-order chi connectivity index (χ1) is 8.30. The number of hydrogen-bond acceptors (Lipinski definition) is 4. The number of fused-ring (bicyclic) bond motifs is 2. The smallest absolute Gasteiger partial charge is 0.413 e. The zero-order valence-corrected chi connectivity index (χ0v) is 9.53. The Bertz CT molecular complexity index is 439. The molecule has 3 heterocycles. The average molecular weight is 233 g/mol. The van der Waals surface area contributed by atoms with Crippen LogP contribution >= 0.6 is 0 Å². The highest BCUT2D eigenvalue weighted by molar-refractivity contribution is 5.87. The highest BCUT2D eigenvalue weighted by atomic mass is 16.6. The van der Waals surface area contributed by atoms with E-state index >= 15 is 0 Å². The highest BCUT2D eigenvalue weighted by Crippen LogP contribution is 2.41. The van der Waals surface area contributed by atoms with Gasteiger partial charge in [0.15, 0.2) is 0 Å². The van der Waals surface area contributed by atoms with Crippen LogP contribution in [0.15, 0.2) is 18.3 Å². The molecule has 2 aliphatic heterocycles. The molecule has 1 atom stereocenters. The second kappa shape index (κ2) is 4.00. The number of rotatable bonds is 0. The predicted molar refractivity (Wildman–Crippen MR) is 62.7 cm³/mol. The van der Waals surface area contributed by atoms with Crippen LogP contribution in [0.5, 0.6) is 0 Å². The molecule has 90 valence electrons. The molecule has 0 aliphatic carbocycles. The minimum atomic E-state index is -0.491. The van der Waals surface area contributed by atoms with E-state index in [0.717, 1.165) is 37.9 Å². The van der Waals surface area contributed by atoms with Gasteiger partial charge in [0, 0.05) is 18.2 Å². The summed E-state index contributed by atoms with van der Waals surface area (Å²) in [5, 5.41) is 5.99. The van der Waals surface area contributed by atoms with Crippen molar-refractivity contribution in [2.75, 3.05) is 18.4 Å². The molecule has 0 unspecified atom stereocenters. The Labute approximate surface area is 99.6 Å². The third-order valence-electron chi connectivity index (χ3n) is 3.45. The molecule has 0 radical (unpaired) electrons. The maximum absolute atomic E-state index is 11.6. The van der Waals surface area contributed by atoms with Crippen LogP contribution in [0.25, 0.3) is 0 Å². The molecule has 17 heavy (non-hydrogen) atoms. The molecule has 2 aliphatic rings. The summed E-state index contributed by atoms with van der Waals surface area (Å²) in [5.74, 6) is 0.644. The number of hydrogen-bond donors (Lipinski definition) is 2. The van der Waals surface area contributed by atoms with Crippen LogP contribution in [-0.2, 0) is 10.3 Å². The van der Waals surface area contributed by atoms with Gasteiger partial charge < -0.3 is 10.1 Å². The zero-order chi connectivity index (χ0) is 11.7. The molecule has 0 saturated carbocycles. The molecule has 0 aromatic carbocycles. The Morgan fingerprint density at radius 3 is 3.24 bits per heavy atom. The summed E-state index contributed by atoms with van der Waals surface area (Å²) < 4.78 is 5.59. The molecule has 3 rings (SSSR count). The van der Waals surface area contributed by atoms with Crippen LogP contribution in [0.4, 0.5) is 10.6 Å². The van der Waals surface area contributed by atoms with Crippen LogP contribution in [0.3, 0.4) is 0 Å². The molecule has 1 fully saturated rings. The number of nitrogens with one attached hydrogen (secondary N) is 2. The van der Waals surface area contributed by atoms with E-state index in [2.05, 4.69) is 15.6 Å². The number of anilines is 1. The van der Waals surface area contributed by atoms with Crippen LogP contribution in [0.1, 0.15) is 24.8 Å². The van der Waals surface area contributed by atoms with E-state index < -0.39 is 11.7 Å². The molecular formula is C12H15N3O2. The van der Waals surface area contributed by atoms with Crippen molar-refractivity contribution in [3.05, 3.63) is 23.9 Å². The lowest BCUT2D eigenvalue weighted by molar-refractivity contribution is 0.00100. The van der Waals surface area contributed by atoms with E-state index in [9.17, 15) is 4.79 Å². The summed E-state index contributed by atoms with van der Waals surface area (Å²) in [5.41, 5.74) is 0.512. The van der Waals surface area contributed by atoms with Gasteiger partial charge in [0.2, 0.25) is 0 Å². The van der Waals surface area contributed by atoms with Gasteiger partial charge in [0.1, 0.15) is 11.4 Å². The number of nitrogens with zero attached hydrogens (tertiary/aromatic N) is 1. The third-order valence-corrected chi connectivity index (χ3v) is 3.45. The van der Waals surface area contributed by atoms with Gasteiger partial charge in [0.05, 0.1) is 0 Å². The molecule has 5 heteroatoms. The van der Waals surface area contributed by atoms with E-state index in [4.69, 9.17) is 4.74 Å². The molecular weight excluding hydrogens is 218 g/mol. The summed E-state index contributed by atoms with van der Waals surface area (Å²) in [4.78, 5) is 15.8. The monoisotopic (exact) mass is 233 g/mol. The van der Waals surface area contributed by atoms with Gasteiger partial charge in [-0.3, -0.25) is 5.32 Å². The molecule has 1 spiro atoms. The van der Waals surface area contributed by atoms with E-state index in [0.29, 0.717) is 5.82 Å². The Morgan fingerprint density at radius 1 is 1.35 bits per heavy atom. The number of carbonyl (C=O) groups excluding carboxylic acids is 1. The second-order valence-corrected chi connectivity index (χ2v) is 4.51. The summed E-state index contributed by atoms with van der Waals surface area (Å²) in [7, 11) is 0. The Kier molecular flexibility index (Phi) is 2.48. The number of aromatic nitrogens is 1. The minimum absolute atomic E-state index is 0.391. The molecule has 1 aromatic heterocycles. The maximum atomic E-state index is 11.6. The van der Waals surface area contributed by atoms with Crippen LogP contribution < -0.4 is 10.6 Å². The molecule has 5 nitrogen and oxygen atoms in total. The first kappa shape index (κ1) is 10.5. The van der Waals surface area contributed by atoms with E-state index in [1.807, 2.05) is 12.1 Å². The topological polar surface area (TPSA) is 63.2 Å². The quantitative estimate of drug-likeness (QED) is 0.714. The van der Waals surface area contributed by atoms with Gasteiger partial charge in [-0.05, 0) is 38.1 Å². The van der Waals surface area contributed by atoms with Crippen molar-refractivity contribution in [3.8, 4) is 0 Å². The van der Waals surface area contributed by atoms with Crippen molar-refractivity contribution < 1.29 is 9.53 Å². The number of ether oxygens (including phenoxy) is 1. The average Bonchev–Trinajstić information content (AvgIpc) is 2.55. The first-order valence-electron chi connectivity index (χ1n) is 5.96. The molecule has 2 N–H and O–H groups in total. The number of pyridine rings is 1. The van der Waals surface area contributed by atoms with Crippen molar-refractivity contribution in [2.45, 2.75) is 24.9 Å². The van der Waals surface area contributed by atoms with Gasteiger partial charge in [-0.2, -0.15) is 0 Å². The summed E-state index contributed by atoms with van der Waals surface area (Å²) in [6.07, 6.45) is 3.96. The lowest BCUT2D eigenvalue weighted by Gasteiger charge is -2.37. The van der Waals surface area contributed by atoms with Crippen LogP contribution in [-0.4, -0.2) is 24.2 Å². The number of amides is 1. The van der Waals surface area contributed by atoms with Gasteiger partial charge in [-0.15, -0.1) is 0 Å². The summed E-state index contributed by atoms with van der Waals surface area (Å²) >= 11 is 0. The SMILES string of the molecule is O=C1Nc2ncccc2[C@@]2(CCCNCC2)O1. The first-order valence-corrected chi connectivity index (χ1v) is 5.96. The lowest BCUT2D eigenvalue weighted by atomic mass is 9.86. The van der Waals surface area contributed by atoms with Crippen molar-refractivity contribution >= 4 is 11.9 Å². The van der Waals surface area contributed by atoms with E-state index in [1.165, 1.54) is 0 Å². The third kappa shape index (κ3) is 1.76. The van der Waals surface area contributed by atoms with Gasteiger partial charge in [0.25, 0.3) is 0 Å². The summed E-state index contributed by atoms with van der Waals surface area (Å²) in [6, 6.07) is 3.88. The Morgan fingerprint density at radius 2 is 2.29 bits per heavy atom. The van der Waals surface area contributed by atoms with Gasteiger partial charge in [-0.25, -0.2) is 9.78 Å².